The maximum atomic E-state index is 13.7. The summed E-state index contributed by atoms with van der Waals surface area (Å²) in [5.74, 6) is -3.23. The first-order chi connectivity index (χ1) is 8.45. The van der Waals surface area contributed by atoms with E-state index in [2.05, 4.69) is 0 Å². The molecule has 2 rings (SSSR count). The fourth-order valence-electron chi connectivity index (χ4n) is 1.86. The van der Waals surface area contributed by atoms with Crippen molar-refractivity contribution < 1.29 is 18.7 Å². The van der Waals surface area contributed by atoms with Crippen LogP contribution < -0.4 is 5.43 Å². The zero-order valence-electron chi connectivity index (χ0n) is 9.41. The van der Waals surface area contributed by atoms with Gasteiger partial charge in [0, 0.05) is 18.8 Å². The maximum Gasteiger partial charge on any atom is 0.341 e. The van der Waals surface area contributed by atoms with Gasteiger partial charge in [-0.3, -0.25) is 4.79 Å². The van der Waals surface area contributed by atoms with Gasteiger partial charge >= 0.3 is 5.97 Å². The average molecular weight is 253 g/mol. The number of hydrogen-bond acceptors (Lipinski definition) is 2. The Morgan fingerprint density at radius 2 is 2.06 bits per heavy atom. The van der Waals surface area contributed by atoms with Crippen molar-refractivity contribution in [1.82, 2.24) is 4.57 Å². The Bertz CT molecular complexity index is 707. The Labute approximate surface area is 100 Å². The van der Waals surface area contributed by atoms with Crippen molar-refractivity contribution in [1.29, 1.82) is 0 Å². The molecule has 0 bridgehead atoms. The predicted octanol–water partition coefficient (Wildman–Crippen LogP) is 2.00. The summed E-state index contributed by atoms with van der Waals surface area (Å²) in [6, 6.07) is 1.51. The number of aromatic nitrogens is 1. The normalized spacial score (nSPS) is 10.8. The smallest absolute Gasteiger partial charge is 0.341 e. The van der Waals surface area contributed by atoms with Crippen LogP contribution in [0.25, 0.3) is 10.9 Å². The molecule has 0 amide bonds. The molecule has 1 aromatic carbocycles. The molecular weight excluding hydrogens is 244 g/mol. The number of carboxylic acids is 1. The number of aromatic carboxylic acids is 1. The van der Waals surface area contributed by atoms with E-state index in [-0.39, 0.29) is 17.4 Å². The summed E-state index contributed by atoms with van der Waals surface area (Å²) in [6.07, 6.45) is 1.06. The molecule has 0 saturated carbocycles. The van der Waals surface area contributed by atoms with E-state index in [0.717, 1.165) is 12.3 Å². The SMILES string of the molecule is CCn1cc(C(=O)O)c(=O)c2cc(F)cc(F)c21. The number of benzene rings is 1. The van der Waals surface area contributed by atoms with Crippen LogP contribution in [0.4, 0.5) is 8.78 Å². The van der Waals surface area contributed by atoms with Crippen LogP contribution in [0.15, 0.2) is 23.1 Å². The van der Waals surface area contributed by atoms with Crippen LogP contribution in [0, 0.1) is 11.6 Å². The Hall–Kier alpha value is -2.24. The van der Waals surface area contributed by atoms with Gasteiger partial charge in [0.25, 0.3) is 0 Å². The van der Waals surface area contributed by atoms with Crippen molar-refractivity contribution in [2.24, 2.45) is 0 Å². The van der Waals surface area contributed by atoms with Gasteiger partial charge in [-0.05, 0) is 13.0 Å². The third kappa shape index (κ3) is 1.75. The van der Waals surface area contributed by atoms with Crippen molar-refractivity contribution in [3.05, 3.63) is 45.8 Å². The molecule has 0 spiro atoms. The van der Waals surface area contributed by atoms with Crippen LogP contribution in [0.3, 0.4) is 0 Å². The zero-order chi connectivity index (χ0) is 13.4. The lowest BCUT2D eigenvalue weighted by atomic mass is 10.1. The van der Waals surface area contributed by atoms with Gasteiger partial charge in [-0.2, -0.15) is 0 Å². The monoisotopic (exact) mass is 253 g/mol. The number of aryl methyl sites for hydroxylation is 1. The number of carbonyl (C=O) groups is 1. The van der Waals surface area contributed by atoms with Gasteiger partial charge in [0.2, 0.25) is 5.43 Å². The van der Waals surface area contributed by atoms with Crippen LogP contribution in [0.2, 0.25) is 0 Å². The van der Waals surface area contributed by atoms with Crippen molar-refractivity contribution >= 4 is 16.9 Å². The molecule has 0 aliphatic carbocycles. The van der Waals surface area contributed by atoms with Crippen molar-refractivity contribution in [3.63, 3.8) is 0 Å². The van der Waals surface area contributed by atoms with Crippen LogP contribution in [0.1, 0.15) is 17.3 Å². The Balaban J connectivity index is 3.03. The highest BCUT2D eigenvalue weighted by molar-refractivity contribution is 5.92. The molecule has 1 N–H and O–H groups in total. The van der Waals surface area contributed by atoms with E-state index in [1.165, 1.54) is 4.57 Å². The number of carboxylic acid groups (broad SMARTS) is 1. The fraction of sp³-hybridized carbons (Fsp3) is 0.167. The molecule has 94 valence electrons. The topological polar surface area (TPSA) is 59.3 Å². The van der Waals surface area contributed by atoms with Gasteiger partial charge in [0.15, 0.2) is 5.82 Å². The maximum absolute atomic E-state index is 13.7. The minimum Gasteiger partial charge on any atom is -0.477 e. The van der Waals surface area contributed by atoms with Crippen LogP contribution >= 0.6 is 0 Å². The Morgan fingerprint density at radius 3 is 2.61 bits per heavy atom. The average Bonchev–Trinajstić information content (AvgIpc) is 2.29. The molecule has 0 aliphatic rings. The third-order valence-corrected chi connectivity index (χ3v) is 2.66. The molecule has 0 unspecified atom stereocenters. The first kappa shape index (κ1) is 12.2. The number of nitrogens with zero attached hydrogens (tertiary/aromatic N) is 1. The van der Waals surface area contributed by atoms with E-state index < -0.39 is 28.6 Å². The number of hydrogen-bond donors (Lipinski definition) is 1. The van der Waals surface area contributed by atoms with E-state index >= 15 is 0 Å². The van der Waals surface area contributed by atoms with Gasteiger partial charge in [-0.25, -0.2) is 13.6 Å². The highest BCUT2D eigenvalue weighted by atomic mass is 19.1. The molecule has 0 atom stereocenters. The van der Waals surface area contributed by atoms with Crippen molar-refractivity contribution in [2.75, 3.05) is 0 Å². The van der Waals surface area contributed by atoms with E-state index in [4.69, 9.17) is 5.11 Å². The van der Waals surface area contributed by atoms with Crippen molar-refractivity contribution in [2.45, 2.75) is 13.5 Å². The molecular formula is C12H9F2NO3. The van der Waals surface area contributed by atoms with E-state index in [1.54, 1.807) is 6.92 Å². The summed E-state index contributed by atoms with van der Waals surface area (Å²) in [7, 11) is 0. The second-order valence-electron chi connectivity index (χ2n) is 3.75. The zero-order valence-corrected chi connectivity index (χ0v) is 9.41. The molecule has 1 heterocycles. The molecule has 0 radical (unpaired) electrons. The summed E-state index contributed by atoms with van der Waals surface area (Å²) in [5, 5.41) is 8.61. The van der Waals surface area contributed by atoms with Crippen LogP contribution in [0.5, 0.6) is 0 Å². The highest BCUT2D eigenvalue weighted by Crippen LogP contribution is 2.18. The molecule has 0 aliphatic heterocycles. The number of pyridine rings is 1. The molecule has 18 heavy (non-hydrogen) atoms. The predicted molar refractivity (Wildman–Crippen MR) is 60.8 cm³/mol. The summed E-state index contributed by atoms with van der Waals surface area (Å²) in [5.41, 5.74) is -1.48. The van der Waals surface area contributed by atoms with Crippen LogP contribution in [-0.2, 0) is 6.54 Å². The van der Waals surface area contributed by atoms with E-state index in [0.29, 0.717) is 6.07 Å². The third-order valence-electron chi connectivity index (χ3n) is 2.66. The second-order valence-corrected chi connectivity index (χ2v) is 3.75. The van der Waals surface area contributed by atoms with Crippen molar-refractivity contribution in [3.8, 4) is 0 Å². The quantitative estimate of drug-likeness (QED) is 0.890. The van der Waals surface area contributed by atoms with Gasteiger partial charge in [-0.1, -0.05) is 0 Å². The first-order valence-electron chi connectivity index (χ1n) is 5.21. The van der Waals surface area contributed by atoms with Gasteiger partial charge < -0.3 is 9.67 Å². The Morgan fingerprint density at radius 1 is 1.39 bits per heavy atom. The molecule has 4 nitrogen and oxygen atoms in total. The highest BCUT2D eigenvalue weighted by Gasteiger charge is 2.17. The molecule has 6 heteroatoms. The minimum absolute atomic E-state index is 0.0890. The van der Waals surface area contributed by atoms with Gasteiger partial charge in [-0.15, -0.1) is 0 Å². The number of rotatable bonds is 2. The van der Waals surface area contributed by atoms with Crippen LogP contribution in [-0.4, -0.2) is 15.6 Å². The van der Waals surface area contributed by atoms with E-state index in [1.807, 2.05) is 0 Å². The Kier molecular flexibility index (Phi) is 2.86. The lowest BCUT2D eigenvalue weighted by molar-refractivity contribution is 0.0695. The molecule has 0 fully saturated rings. The molecule has 1 aromatic heterocycles. The number of halogens is 2. The summed E-state index contributed by atoms with van der Waals surface area (Å²) in [6.45, 7) is 1.93. The fourth-order valence-corrected chi connectivity index (χ4v) is 1.86. The standard InChI is InChI=1S/C12H9F2NO3/c1-2-15-5-8(12(17)18)11(16)7-3-6(13)4-9(14)10(7)15/h3-5H,2H2,1H3,(H,17,18). The number of fused-ring (bicyclic) bond motifs is 1. The van der Waals surface area contributed by atoms with Gasteiger partial charge in [0.05, 0.1) is 10.9 Å². The lowest BCUT2D eigenvalue weighted by Gasteiger charge is -2.10. The van der Waals surface area contributed by atoms with E-state index in [9.17, 15) is 18.4 Å². The molecule has 0 saturated heterocycles. The second kappa shape index (κ2) is 4.21. The summed E-state index contributed by atoms with van der Waals surface area (Å²) >= 11 is 0. The minimum atomic E-state index is -1.42. The lowest BCUT2D eigenvalue weighted by Crippen LogP contribution is -2.19. The first-order valence-corrected chi connectivity index (χ1v) is 5.21. The summed E-state index contributed by atoms with van der Waals surface area (Å²) in [4.78, 5) is 22.7. The largest absolute Gasteiger partial charge is 0.477 e. The molecule has 2 aromatic rings. The summed E-state index contributed by atoms with van der Waals surface area (Å²) < 4.78 is 28.0. The van der Waals surface area contributed by atoms with Gasteiger partial charge in [0.1, 0.15) is 11.4 Å².